The van der Waals surface area contributed by atoms with E-state index in [0.717, 1.165) is 36.2 Å². The maximum absolute atomic E-state index is 14.2. The molecule has 3 rings (SSSR count). The van der Waals surface area contributed by atoms with Crippen molar-refractivity contribution in [1.29, 1.82) is 5.26 Å². The number of hydrogen-bond acceptors (Lipinski definition) is 1. The quantitative estimate of drug-likeness (QED) is 0.653. The highest BCUT2D eigenvalue weighted by Crippen LogP contribution is 2.44. The number of hydrogen-bond donors (Lipinski definition) is 0. The standard InChI is InChI=1S/C21H28FN/c1-2-15-3-6-17(7-4-15)18-8-10-19(11-9-18)20-12-5-16(14-23)13-21(20)22/h5,12-13,15,17-19H,2-4,6-11H2,1H3. The van der Waals surface area contributed by atoms with Gasteiger partial charge in [-0.3, -0.25) is 0 Å². The van der Waals surface area contributed by atoms with E-state index >= 15 is 0 Å². The molecule has 2 aliphatic rings. The molecular weight excluding hydrogens is 285 g/mol. The predicted molar refractivity (Wildman–Crippen MR) is 91.6 cm³/mol. The molecule has 0 N–H and O–H groups in total. The first-order chi connectivity index (χ1) is 11.2. The lowest BCUT2D eigenvalue weighted by atomic mass is 9.68. The van der Waals surface area contributed by atoms with Crippen LogP contribution in [0.3, 0.4) is 0 Å². The summed E-state index contributed by atoms with van der Waals surface area (Å²) in [7, 11) is 0. The third-order valence-electron chi connectivity index (χ3n) is 6.48. The fourth-order valence-electron chi connectivity index (χ4n) is 4.90. The molecule has 0 atom stereocenters. The van der Waals surface area contributed by atoms with Crippen molar-refractivity contribution in [1.82, 2.24) is 0 Å². The molecule has 2 saturated carbocycles. The minimum atomic E-state index is -0.184. The lowest BCUT2D eigenvalue weighted by Crippen LogP contribution is -2.25. The van der Waals surface area contributed by atoms with Crippen LogP contribution in [0.4, 0.5) is 4.39 Å². The van der Waals surface area contributed by atoms with Crippen LogP contribution < -0.4 is 0 Å². The Morgan fingerprint density at radius 3 is 2.13 bits per heavy atom. The first-order valence-electron chi connectivity index (χ1n) is 9.40. The fraction of sp³-hybridized carbons (Fsp3) is 0.667. The molecule has 0 unspecified atom stereocenters. The lowest BCUT2D eigenvalue weighted by molar-refractivity contribution is 0.158. The van der Waals surface area contributed by atoms with Crippen LogP contribution in [0.1, 0.15) is 81.8 Å². The van der Waals surface area contributed by atoms with Gasteiger partial charge in [0.2, 0.25) is 0 Å². The molecule has 0 amide bonds. The Hall–Kier alpha value is -1.36. The predicted octanol–water partition coefficient (Wildman–Crippen LogP) is 6.19. The second-order valence-electron chi connectivity index (χ2n) is 7.65. The summed E-state index contributed by atoms with van der Waals surface area (Å²) in [4.78, 5) is 0. The summed E-state index contributed by atoms with van der Waals surface area (Å²) in [5.74, 6) is 2.92. The van der Waals surface area contributed by atoms with Gasteiger partial charge in [-0.05, 0) is 79.9 Å². The number of nitriles is 1. The first-order valence-corrected chi connectivity index (χ1v) is 9.40. The number of benzene rings is 1. The Kier molecular flexibility index (Phi) is 5.36. The molecule has 0 radical (unpaired) electrons. The van der Waals surface area contributed by atoms with Crippen molar-refractivity contribution in [2.75, 3.05) is 0 Å². The maximum atomic E-state index is 14.2. The van der Waals surface area contributed by atoms with Gasteiger partial charge in [-0.25, -0.2) is 4.39 Å². The first kappa shape index (κ1) is 16.5. The third-order valence-corrected chi connectivity index (χ3v) is 6.48. The van der Waals surface area contributed by atoms with Crippen LogP contribution in [0.25, 0.3) is 0 Å². The highest BCUT2D eigenvalue weighted by atomic mass is 19.1. The van der Waals surface area contributed by atoms with Gasteiger partial charge in [0.15, 0.2) is 0 Å². The van der Waals surface area contributed by atoms with Crippen LogP contribution >= 0.6 is 0 Å². The zero-order chi connectivity index (χ0) is 16.2. The Labute approximate surface area is 139 Å². The summed E-state index contributed by atoms with van der Waals surface area (Å²) in [5.41, 5.74) is 1.25. The fourth-order valence-corrected chi connectivity index (χ4v) is 4.90. The van der Waals surface area contributed by atoms with Gasteiger partial charge in [0.05, 0.1) is 11.6 Å². The van der Waals surface area contributed by atoms with Gasteiger partial charge in [0, 0.05) is 0 Å². The molecule has 2 fully saturated rings. The maximum Gasteiger partial charge on any atom is 0.127 e. The Morgan fingerprint density at radius 2 is 1.61 bits per heavy atom. The molecule has 1 aromatic carbocycles. The van der Waals surface area contributed by atoms with Crippen LogP contribution in [0.5, 0.6) is 0 Å². The van der Waals surface area contributed by atoms with E-state index in [1.54, 1.807) is 6.07 Å². The topological polar surface area (TPSA) is 23.8 Å². The highest BCUT2D eigenvalue weighted by Gasteiger charge is 2.31. The molecule has 124 valence electrons. The van der Waals surface area contributed by atoms with Crippen molar-refractivity contribution < 1.29 is 4.39 Å². The SMILES string of the molecule is CCC1CCC(C2CCC(c3ccc(C#N)cc3F)CC2)CC1. The summed E-state index contributed by atoms with van der Waals surface area (Å²) >= 11 is 0. The summed E-state index contributed by atoms with van der Waals surface area (Å²) < 4.78 is 14.2. The second-order valence-corrected chi connectivity index (χ2v) is 7.65. The summed E-state index contributed by atoms with van der Waals surface area (Å²) in [6.45, 7) is 2.32. The van der Waals surface area contributed by atoms with Crippen molar-refractivity contribution in [2.24, 2.45) is 17.8 Å². The van der Waals surface area contributed by atoms with Crippen molar-refractivity contribution in [3.63, 3.8) is 0 Å². The lowest BCUT2D eigenvalue weighted by Gasteiger charge is -2.38. The van der Waals surface area contributed by atoms with E-state index in [-0.39, 0.29) is 5.82 Å². The average Bonchev–Trinajstić information content (AvgIpc) is 2.62. The van der Waals surface area contributed by atoms with Crippen molar-refractivity contribution in [3.05, 3.63) is 35.1 Å². The molecule has 0 heterocycles. The zero-order valence-electron chi connectivity index (χ0n) is 14.2. The Bertz CT molecular complexity index is 558. The molecule has 0 spiro atoms. The van der Waals surface area contributed by atoms with Crippen molar-refractivity contribution in [3.8, 4) is 6.07 Å². The molecule has 0 aliphatic heterocycles. The van der Waals surface area contributed by atoms with Gasteiger partial charge >= 0.3 is 0 Å². The monoisotopic (exact) mass is 313 g/mol. The molecule has 0 bridgehead atoms. The van der Waals surface area contributed by atoms with E-state index in [0.29, 0.717) is 11.5 Å². The highest BCUT2D eigenvalue weighted by molar-refractivity contribution is 5.34. The average molecular weight is 313 g/mol. The third kappa shape index (κ3) is 3.77. The number of rotatable bonds is 3. The van der Waals surface area contributed by atoms with E-state index in [2.05, 4.69) is 6.92 Å². The minimum Gasteiger partial charge on any atom is -0.207 e. The normalized spacial score (nSPS) is 31.5. The molecule has 23 heavy (non-hydrogen) atoms. The molecule has 0 saturated heterocycles. The summed E-state index contributed by atoms with van der Waals surface area (Å²) in [5, 5.41) is 8.86. The summed E-state index contributed by atoms with van der Waals surface area (Å²) in [6, 6.07) is 7.01. The van der Waals surface area contributed by atoms with Gasteiger partial charge < -0.3 is 0 Å². The van der Waals surface area contributed by atoms with Gasteiger partial charge in [-0.1, -0.05) is 32.3 Å². The van der Waals surface area contributed by atoms with Gasteiger partial charge in [-0.2, -0.15) is 5.26 Å². The molecule has 0 aromatic heterocycles. The smallest absolute Gasteiger partial charge is 0.127 e. The van der Waals surface area contributed by atoms with Crippen LogP contribution in [0, 0.1) is 34.9 Å². The van der Waals surface area contributed by atoms with Gasteiger partial charge in [0.25, 0.3) is 0 Å². The van der Waals surface area contributed by atoms with Gasteiger partial charge in [-0.15, -0.1) is 0 Å². The van der Waals surface area contributed by atoms with Crippen molar-refractivity contribution in [2.45, 2.75) is 70.6 Å². The second kappa shape index (κ2) is 7.47. The molecule has 1 nitrogen and oxygen atoms in total. The van der Waals surface area contributed by atoms with E-state index < -0.39 is 0 Å². The molecule has 2 aliphatic carbocycles. The van der Waals surface area contributed by atoms with Crippen LogP contribution in [0.15, 0.2) is 18.2 Å². The van der Waals surface area contributed by atoms with Gasteiger partial charge in [0.1, 0.15) is 5.82 Å². The van der Waals surface area contributed by atoms with E-state index in [1.165, 1.54) is 51.0 Å². The number of halogens is 1. The summed E-state index contributed by atoms with van der Waals surface area (Å²) in [6.07, 6.45) is 11.8. The molecule has 1 aromatic rings. The molecule has 2 heteroatoms. The Morgan fingerprint density at radius 1 is 1.00 bits per heavy atom. The van der Waals surface area contributed by atoms with Crippen LogP contribution in [-0.2, 0) is 0 Å². The van der Waals surface area contributed by atoms with Crippen LogP contribution in [-0.4, -0.2) is 0 Å². The number of nitrogens with zero attached hydrogens (tertiary/aromatic N) is 1. The van der Waals surface area contributed by atoms with Crippen LogP contribution in [0.2, 0.25) is 0 Å². The molecular formula is C21H28FN. The van der Waals surface area contributed by atoms with E-state index in [4.69, 9.17) is 5.26 Å². The van der Waals surface area contributed by atoms with E-state index in [9.17, 15) is 4.39 Å². The van der Waals surface area contributed by atoms with Crippen molar-refractivity contribution >= 4 is 0 Å². The largest absolute Gasteiger partial charge is 0.207 e. The zero-order valence-corrected chi connectivity index (χ0v) is 14.2. The minimum absolute atomic E-state index is 0.184. The Balaban J connectivity index is 1.56. The van der Waals surface area contributed by atoms with E-state index in [1.807, 2.05) is 12.1 Å².